The molecule has 2 heterocycles. The summed E-state index contributed by atoms with van der Waals surface area (Å²) in [6.07, 6.45) is -3.27. The average molecular weight is 556 g/mol. The lowest BCUT2D eigenvalue weighted by molar-refractivity contribution is -0.275. The smallest absolute Gasteiger partial charge is 0.493 e. The number of benzene rings is 2. The van der Waals surface area contributed by atoms with Gasteiger partial charge in [0.25, 0.3) is 0 Å². The van der Waals surface area contributed by atoms with Gasteiger partial charge in [-0.1, -0.05) is 26.0 Å². The number of piperidine rings is 1. The van der Waals surface area contributed by atoms with Crippen molar-refractivity contribution in [3.05, 3.63) is 48.0 Å². The monoisotopic (exact) mass is 555 g/mol. The Morgan fingerprint density at radius 3 is 2.26 bits per heavy atom. The highest BCUT2D eigenvalue weighted by molar-refractivity contribution is 7.89. The van der Waals surface area contributed by atoms with Gasteiger partial charge >= 0.3 is 6.36 Å². The van der Waals surface area contributed by atoms with Gasteiger partial charge < -0.3 is 14.2 Å². The van der Waals surface area contributed by atoms with Crippen molar-refractivity contribution in [2.24, 2.45) is 10.5 Å². The van der Waals surface area contributed by atoms with Crippen molar-refractivity contribution in [3.8, 4) is 17.2 Å². The topological polar surface area (TPSA) is 80.7 Å². The second-order valence-corrected chi connectivity index (χ2v) is 12.1. The van der Waals surface area contributed by atoms with Crippen LogP contribution in [0.1, 0.15) is 38.7 Å². The molecule has 0 atom stereocenters. The number of alkyl halides is 3. The molecule has 0 amide bonds. The molecule has 0 N–H and O–H groups in total. The summed E-state index contributed by atoms with van der Waals surface area (Å²) in [6.45, 7) is 5.33. The van der Waals surface area contributed by atoms with Crippen LogP contribution in [0.4, 0.5) is 13.2 Å². The van der Waals surface area contributed by atoms with Crippen molar-refractivity contribution >= 4 is 15.7 Å². The maximum absolute atomic E-state index is 13.2. The maximum atomic E-state index is 13.2. The zero-order valence-corrected chi connectivity index (χ0v) is 22.6. The lowest BCUT2D eigenvalue weighted by Crippen LogP contribution is -2.49. The zero-order valence-electron chi connectivity index (χ0n) is 21.8. The largest absolute Gasteiger partial charge is 0.573 e. The van der Waals surface area contributed by atoms with Crippen molar-refractivity contribution in [1.29, 1.82) is 0 Å². The van der Waals surface area contributed by atoms with Gasteiger partial charge in [-0.3, -0.25) is 5.01 Å². The summed E-state index contributed by atoms with van der Waals surface area (Å²) in [7, 11) is -1.02. The first-order valence-electron chi connectivity index (χ1n) is 12.2. The summed E-state index contributed by atoms with van der Waals surface area (Å²) in [5.41, 5.74) is 1.73. The minimum atomic E-state index is -5.00. The molecule has 1 saturated heterocycles. The fraction of sp³-hybridized carbons (Fsp3) is 0.500. The summed E-state index contributed by atoms with van der Waals surface area (Å²) < 4.78 is 81.0. The Bertz CT molecular complexity index is 1290. The number of halogens is 3. The van der Waals surface area contributed by atoms with Gasteiger partial charge in [0, 0.05) is 31.2 Å². The molecule has 2 aliphatic heterocycles. The molecule has 12 heteroatoms. The average Bonchev–Trinajstić information content (AvgIpc) is 2.86. The molecule has 2 aromatic rings. The molecule has 4 rings (SSSR count). The number of hydrogen-bond donors (Lipinski definition) is 0. The third kappa shape index (κ3) is 6.17. The molecule has 0 aromatic heterocycles. The van der Waals surface area contributed by atoms with Gasteiger partial charge in [0.15, 0.2) is 11.5 Å². The molecule has 0 bridgehead atoms. The van der Waals surface area contributed by atoms with E-state index in [1.54, 1.807) is 14.2 Å². The molecule has 0 spiro atoms. The van der Waals surface area contributed by atoms with E-state index in [4.69, 9.17) is 14.6 Å². The molecular formula is C26H32F3N3O5S. The number of para-hydroxylation sites is 1. The predicted octanol–water partition coefficient (Wildman–Crippen LogP) is 4.89. The van der Waals surface area contributed by atoms with E-state index < -0.39 is 27.0 Å². The number of methoxy groups -OCH3 is 2. The van der Waals surface area contributed by atoms with Gasteiger partial charge in [0.2, 0.25) is 10.0 Å². The molecule has 8 nitrogen and oxygen atoms in total. The van der Waals surface area contributed by atoms with E-state index in [1.165, 1.54) is 16.4 Å². The number of rotatable bonds is 7. The number of ether oxygens (including phenoxy) is 3. The van der Waals surface area contributed by atoms with Crippen molar-refractivity contribution in [3.63, 3.8) is 0 Å². The number of sulfonamides is 1. The van der Waals surface area contributed by atoms with E-state index in [-0.39, 0.29) is 24.5 Å². The minimum absolute atomic E-state index is 0.0159. The van der Waals surface area contributed by atoms with Crippen LogP contribution in [0.15, 0.2) is 52.5 Å². The predicted molar refractivity (Wildman–Crippen MR) is 136 cm³/mol. The minimum Gasteiger partial charge on any atom is -0.493 e. The number of hydrogen-bond acceptors (Lipinski definition) is 7. The third-order valence-electron chi connectivity index (χ3n) is 6.74. The van der Waals surface area contributed by atoms with Gasteiger partial charge in [-0.15, -0.1) is 13.2 Å². The highest BCUT2D eigenvalue weighted by Crippen LogP contribution is 2.36. The third-order valence-corrected chi connectivity index (χ3v) is 8.68. The van der Waals surface area contributed by atoms with Crippen molar-refractivity contribution in [1.82, 2.24) is 9.31 Å². The Hall–Kier alpha value is -2.99. The van der Waals surface area contributed by atoms with Crippen LogP contribution in [-0.2, 0) is 10.0 Å². The molecule has 38 heavy (non-hydrogen) atoms. The Morgan fingerprint density at radius 1 is 0.974 bits per heavy atom. The molecule has 0 saturated carbocycles. The van der Waals surface area contributed by atoms with Gasteiger partial charge in [-0.25, -0.2) is 8.42 Å². The molecule has 0 unspecified atom stereocenters. The normalized spacial score (nSPS) is 19.1. The van der Waals surface area contributed by atoms with Gasteiger partial charge in [-0.2, -0.15) is 9.41 Å². The summed E-state index contributed by atoms with van der Waals surface area (Å²) in [5, 5.41) is 6.97. The van der Waals surface area contributed by atoms with Crippen LogP contribution >= 0.6 is 0 Å². The van der Waals surface area contributed by atoms with E-state index >= 15 is 0 Å². The highest BCUT2D eigenvalue weighted by Gasteiger charge is 2.39. The van der Waals surface area contributed by atoms with E-state index in [0.717, 1.165) is 29.8 Å². The Morgan fingerprint density at radius 2 is 1.63 bits per heavy atom. The Labute approximate surface area is 221 Å². The Kier molecular flexibility index (Phi) is 7.85. The summed E-state index contributed by atoms with van der Waals surface area (Å²) in [6, 6.07) is 10.5. The second kappa shape index (κ2) is 10.6. The van der Waals surface area contributed by atoms with E-state index in [9.17, 15) is 21.6 Å². The maximum Gasteiger partial charge on any atom is 0.573 e. The summed E-state index contributed by atoms with van der Waals surface area (Å²) in [5.74, 6) is 0.500. The van der Waals surface area contributed by atoms with Gasteiger partial charge in [-0.05, 0) is 55.0 Å². The lowest BCUT2D eigenvalue weighted by Gasteiger charge is -2.43. The van der Waals surface area contributed by atoms with Crippen molar-refractivity contribution in [2.45, 2.75) is 50.4 Å². The Balaban J connectivity index is 1.52. The fourth-order valence-corrected chi connectivity index (χ4v) is 6.54. The molecule has 1 fully saturated rings. The first kappa shape index (κ1) is 28.0. The SMILES string of the molecule is COc1ccc(C2=NN(C3CCN(S(=O)(=O)c4ccccc4OC(F)(F)F)CC3)CC(C)(C)C2)cc1OC. The fourth-order valence-electron chi connectivity index (χ4n) is 4.95. The summed E-state index contributed by atoms with van der Waals surface area (Å²) >= 11 is 0. The standard InChI is InChI=1S/C26H32F3N3O5S/c1-25(2)16-20(18-9-10-21(35-3)23(15-18)36-4)30-32(17-25)19-11-13-31(14-12-19)38(33,34)24-8-6-5-7-22(24)37-26(27,28)29/h5-10,15,19H,11-14,16-17H2,1-4H3. The van der Waals surface area contributed by atoms with Gasteiger partial charge in [0.05, 0.1) is 19.9 Å². The van der Waals surface area contributed by atoms with Crippen LogP contribution in [0.5, 0.6) is 17.2 Å². The van der Waals surface area contributed by atoms with Crippen LogP contribution < -0.4 is 14.2 Å². The van der Waals surface area contributed by atoms with Crippen molar-refractivity contribution in [2.75, 3.05) is 33.9 Å². The number of nitrogens with zero attached hydrogens (tertiary/aromatic N) is 3. The van der Waals surface area contributed by atoms with E-state index in [1.807, 2.05) is 23.2 Å². The molecule has 208 valence electrons. The lowest BCUT2D eigenvalue weighted by atomic mass is 9.83. The van der Waals surface area contributed by atoms with Crippen LogP contribution in [0.25, 0.3) is 0 Å². The van der Waals surface area contributed by atoms with E-state index in [2.05, 4.69) is 18.6 Å². The van der Waals surface area contributed by atoms with Crippen molar-refractivity contribution < 1.29 is 35.8 Å². The highest BCUT2D eigenvalue weighted by atomic mass is 32.2. The molecule has 0 radical (unpaired) electrons. The quantitative estimate of drug-likeness (QED) is 0.484. The van der Waals surface area contributed by atoms with Crippen LogP contribution in [0.3, 0.4) is 0 Å². The first-order chi connectivity index (χ1) is 17.8. The molecule has 0 aliphatic carbocycles. The number of hydrazone groups is 1. The molecule has 2 aromatic carbocycles. The zero-order chi connectivity index (χ0) is 27.7. The van der Waals surface area contributed by atoms with E-state index in [0.29, 0.717) is 30.9 Å². The van der Waals surface area contributed by atoms with Crippen LogP contribution in [0.2, 0.25) is 0 Å². The van der Waals surface area contributed by atoms with Gasteiger partial charge in [0.1, 0.15) is 10.6 Å². The molecule has 2 aliphatic rings. The van der Waals surface area contributed by atoms with Crippen LogP contribution in [-0.4, -0.2) is 69.7 Å². The first-order valence-corrected chi connectivity index (χ1v) is 13.7. The molecular weight excluding hydrogens is 523 g/mol. The second-order valence-electron chi connectivity index (χ2n) is 10.2. The summed E-state index contributed by atoms with van der Waals surface area (Å²) in [4.78, 5) is -0.497. The van der Waals surface area contributed by atoms with Crippen LogP contribution in [0, 0.1) is 5.41 Å².